The predicted octanol–water partition coefficient (Wildman–Crippen LogP) is 2.76. The van der Waals surface area contributed by atoms with Crippen LogP contribution in [0.15, 0.2) is 18.2 Å². The van der Waals surface area contributed by atoms with Crippen LogP contribution in [0, 0.1) is 11.7 Å². The van der Waals surface area contributed by atoms with Crippen LogP contribution in [0.4, 0.5) is 4.39 Å². The fraction of sp³-hybridized carbons (Fsp3) is 0.364. The molecule has 0 heterocycles. The highest BCUT2D eigenvalue weighted by molar-refractivity contribution is 5.97. The fourth-order valence-corrected chi connectivity index (χ4v) is 1.15. The maximum Gasteiger partial charge on any atom is 0.168 e. The molecule has 1 N–H and O–H groups in total. The molecule has 0 amide bonds. The van der Waals surface area contributed by atoms with Crippen LogP contribution in [0.3, 0.4) is 0 Å². The summed E-state index contributed by atoms with van der Waals surface area (Å²) in [5.74, 6) is -1.22. The highest BCUT2D eigenvalue weighted by Crippen LogP contribution is 2.19. The molecule has 0 spiro atoms. The Labute approximate surface area is 82.4 Å². The smallest absolute Gasteiger partial charge is 0.168 e. The monoisotopic (exact) mass is 196 g/mol. The summed E-state index contributed by atoms with van der Waals surface area (Å²) in [6.07, 6.45) is 0.680. The van der Waals surface area contributed by atoms with E-state index in [2.05, 4.69) is 0 Å². The van der Waals surface area contributed by atoms with Gasteiger partial charge in [-0.05, 0) is 18.6 Å². The van der Waals surface area contributed by atoms with Gasteiger partial charge in [-0.1, -0.05) is 13.8 Å². The van der Waals surface area contributed by atoms with Gasteiger partial charge in [0, 0.05) is 12.0 Å². The number of halogens is 1. The van der Waals surface area contributed by atoms with Crippen LogP contribution in [-0.2, 0) is 0 Å². The van der Waals surface area contributed by atoms with Crippen molar-refractivity contribution < 1.29 is 14.3 Å². The molecule has 0 saturated heterocycles. The standard InChI is InChI=1S/C11H13FO2/c1-3-7(2)11(14)9-5-4-8(13)6-10(9)12/h4-7,13H,3H2,1-2H3/t7-/m0/s1. The summed E-state index contributed by atoms with van der Waals surface area (Å²) in [4.78, 5) is 11.6. The van der Waals surface area contributed by atoms with Gasteiger partial charge in [0.1, 0.15) is 11.6 Å². The molecule has 1 rings (SSSR count). The van der Waals surface area contributed by atoms with E-state index in [1.54, 1.807) is 6.92 Å². The lowest BCUT2D eigenvalue weighted by atomic mass is 9.97. The molecule has 0 aliphatic carbocycles. The third-order valence-electron chi connectivity index (χ3n) is 2.28. The van der Waals surface area contributed by atoms with E-state index in [1.807, 2.05) is 6.92 Å². The minimum Gasteiger partial charge on any atom is -0.508 e. The summed E-state index contributed by atoms with van der Waals surface area (Å²) in [6, 6.07) is 3.59. The summed E-state index contributed by atoms with van der Waals surface area (Å²) in [5.41, 5.74) is 0.0529. The molecule has 0 fully saturated rings. The molecule has 14 heavy (non-hydrogen) atoms. The first-order valence-electron chi connectivity index (χ1n) is 4.59. The number of Topliss-reactive ketones (excluding diaryl/α,β-unsaturated/α-hetero) is 1. The number of carbonyl (C=O) groups is 1. The average Bonchev–Trinajstić information content (AvgIpc) is 2.15. The van der Waals surface area contributed by atoms with Gasteiger partial charge in [-0.2, -0.15) is 0 Å². The quantitative estimate of drug-likeness (QED) is 0.755. The van der Waals surface area contributed by atoms with E-state index in [-0.39, 0.29) is 23.0 Å². The number of carbonyl (C=O) groups excluding carboxylic acids is 1. The van der Waals surface area contributed by atoms with E-state index in [0.717, 1.165) is 6.07 Å². The Kier molecular flexibility index (Phi) is 3.23. The van der Waals surface area contributed by atoms with Crippen LogP contribution in [-0.4, -0.2) is 10.9 Å². The number of hydrogen-bond acceptors (Lipinski definition) is 2. The summed E-state index contributed by atoms with van der Waals surface area (Å²) in [5, 5.41) is 8.96. The topological polar surface area (TPSA) is 37.3 Å². The summed E-state index contributed by atoms with van der Waals surface area (Å²) >= 11 is 0. The average molecular weight is 196 g/mol. The fourth-order valence-electron chi connectivity index (χ4n) is 1.15. The Morgan fingerprint density at radius 2 is 2.21 bits per heavy atom. The van der Waals surface area contributed by atoms with Crippen molar-refractivity contribution in [3.05, 3.63) is 29.6 Å². The van der Waals surface area contributed by atoms with Crippen LogP contribution >= 0.6 is 0 Å². The Morgan fingerprint density at radius 1 is 1.57 bits per heavy atom. The van der Waals surface area contributed by atoms with Gasteiger partial charge in [0.25, 0.3) is 0 Å². The zero-order chi connectivity index (χ0) is 10.7. The number of hydrogen-bond donors (Lipinski definition) is 1. The number of benzene rings is 1. The third kappa shape index (κ3) is 2.10. The zero-order valence-corrected chi connectivity index (χ0v) is 8.25. The molecular formula is C11H13FO2. The molecule has 0 aliphatic rings. The van der Waals surface area contributed by atoms with E-state index < -0.39 is 5.82 Å². The van der Waals surface area contributed by atoms with Crippen molar-refractivity contribution in [3.8, 4) is 5.75 Å². The van der Waals surface area contributed by atoms with E-state index in [0.29, 0.717) is 6.42 Å². The van der Waals surface area contributed by atoms with Crippen molar-refractivity contribution in [1.82, 2.24) is 0 Å². The van der Waals surface area contributed by atoms with Crippen molar-refractivity contribution >= 4 is 5.78 Å². The molecular weight excluding hydrogens is 183 g/mol. The molecule has 0 aliphatic heterocycles. The zero-order valence-electron chi connectivity index (χ0n) is 8.25. The number of ketones is 1. The molecule has 0 bridgehead atoms. The second-order valence-corrected chi connectivity index (χ2v) is 3.34. The van der Waals surface area contributed by atoms with Crippen molar-refractivity contribution in [1.29, 1.82) is 0 Å². The maximum atomic E-state index is 13.2. The number of rotatable bonds is 3. The molecule has 1 aromatic rings. The molecule has 76 valence electrons. The van der Waals surface area contributed by atoms with Crippen LogP contribution in [0.25, 0.3) is 0 Å². The van der Waals surface area contributed by atoms with E-state index >= 15 is 0 Å². The van der Waals surface area contributed by atoms with Gasteiger partial charge in [0.15, 0.2) is 5.78 Å². The van der Waals surface area contributed by atoms with E-state index in [9.17, 15) is 9.18 Å². The Hall–Kier alpha value is -1.38. The van der Waals surface area contributed by atoms with Gasteiger partial charge in [-0.3, -0.25) is 4.79 Å². The van der Waals surface area contributed by atoms with E-state index in [1.165, 1.54) is 12.1 Å². The summed E-state index contributed by atoms with van der Waals surface area (Å²) in [7, 11) is 0. The molecule has 2 nitrogen and oxygen atoms in total. The van der Waals surface area contributed by atoms with Gasteiger partial charge in [0.05, 0.1) is 5.56 Å². The Balaban J connectivity index is 3.02. The minimum absolute atomic E-state index is 0.0529. The molecule has 0 saturated carbocycles. The number of phenols is 1. The van der Waals surface area contributed by atoms with Gasteiger partial charge in [-0.25, -0.2) is 4.39 Å². The molecule has 1 aromatic carbocycles. The second kappa shape index (κ2) is 4.22. The Bertz CT molecular complexity index is 347. The van der Waals surface area contributed by atoms with E-state index in [4.69, 9.17) is 5.11 Å². The van der Waals surface area contributed by atoms with Crippen LogP contribution < -0.4 is 0 Å². The van der Waals surface area contributed by atoms with Crippen molar-refractivity contribution in [2.45, 2.75) is 20.3 Å². The molecule has 0 radical (unpaired) electrons. The predicted molar refractivity (Wildman–Crippen MR) is 51.9 cm³/mol. The lowest BCUT2D eigenvalue weighted by Crippen LogP contribution is -2.11. The van der Waals surface area contributed by atoms with Gasteiger partial charge >= 0.3 is 0 Å². The van der Waals surface area contributed by atoms with Crippen molar-refractivity contribution in [2.75, 3.05) is 0 Å². The van der Waals surface area contributed by atoms with Crippen LogP contribution in [0.5, 0.6) is 5.75 Å². The first kappa shape index (κ1) is 10.7. The van der Waals surface area contributed by atoms with Gasteiger partial charge < -0.3 is 5.11 Å². The largest absolute Gasteiger partial charge is 0.508 e. The SMILES string of the molecule is CC[C@H](C)C(=O)c1ccc(O)cc1F. The molecule has 0 unspecified atom stereocenters. The van der Waals surface area contributed by atoms with Gasteiger partial charge in [0.2, 0.25) is 0 Å². The lowest BCUT2D eigenvalue weighted by molar-refractivity contribution is 0.0923. The van der Waals surface area contributed by atoms with Crippen LogP contribution in [0.2, 0.25) is 0 Å². The first-order chi connectivity index (χ1) is 6.56. The van der Waals surface area contributed by atoms with Crippen LogP contribution in [0.1, 0.15) is 30.6 Å². The normalized spacial score (nSPS) is 12.5. The number of phenolic OH excluding ortho intramolecular Hbond substituents is 1. The second-order valence-electron chi connectivity index (χ2n) is 3.34. The minimum atomic E-state index is -0.657. The Morgan fingerprint density at radius 3 is 2.71 bits per heavy atom. The molecule has 1 atom stereocenters. The van der Waals surface area contributed by atoms with Gasteiger partial charge in [-0.15, -0.1) is 0 Å². The maximum absolute atomic E-state index is 13.2. The first-order valence-corrected chi connectivity index (χ1v) is 4.59. The summed E-state index contributed by atoms with van der Waals surface area (Å²) < 4.78 is 13.2. The summed E-state index contributed by atoms with van der Waals surface area (Å²) in [6.45, 7) is 3.63. The molecule has 3 heteroatoms. The highest BCUT2D eigenvalue weighted by atomic mass is 19.1. The van der Waals surface area contributed by atoms with Crippen molar-refractivity contribution in [3.63, 3.8) is 0 Å². The lowest BCUT2D eigenvalue weighted by Gasteiger charge is -2.08. The number of aromatic hydroxyl groups is 1. The third-order valence-corrected chi connectivity index (χ3v) is 2.28. The highest BCUT2D eigenvalue weighted by Gasteiger charge is 2.17. The molecule has 0 aromatic heterocycles. The van der Waals surface area contributed by atoms with Crippen molar-refractivity contribution in [2.24, 2.45) is 5.92 Å².